The fourth-order valence-electron chi connectivity index (χ4n) is 2.25. The van der Waals surface area contributed by atoms with E-state index in [-0.39, 0.29) is 5.82 Å². The molecule has 2 aromatic carbocycles. The van der Waals surface area contributed by atoms with E-state index in [0.29, 0.717) is 22.8 Å². The predicted octanol–water partition coefficient (Wildman–Crippen LogP) is 5.10. The fourth-order valence-corrected chi connectivity index (χ4v) is 2.25. The number of aliphatic hydroxyl groups is 1. The minimum absolute atomic E-state index is 0.317. The smallest absolute Gasteiger partial charge is 0.133 e. The van der Waals surface area contributed by atoms with Crippen LogP contribution in [0.5, 0.6) is 11.5 Å². The molecule has 0 saturated heterocycles. The molecule has 0 aliphatic heterocycles. The number of rotatable bonds is 4. The summed E-state index contributed by atoms with van der Waals surface area (Å²) < 4.78 is 19.7. The van der Waals surface area contributed by atoms with Gasteiger partial charge in [-0.25, -0.2) is 4.39 Å². The number of aryl methyl sites for hydroxylation is 1. The van der Waals surface area contributed by atoms with Gasteiger partial charge in [-0.05, 0) is 49.1 Å². The summed E-state index contributed by atoms with van der Waals surface area (Å²) >= 11 is 0. The van der Waals surface area contributed by atoms with E-state index in [2.05, 4.69) is 13.8 Å². The van der Waals surface area contributed by atoms with E-state index in [1.54, 1.807) is 19.9 Å². The van der Waals surface area contributed by atoms with Gasteiger partial charge in [-0.2, -0.15) is 0 Å². The molecular weight excluding hydrogens is 267 g/mol. The summed E-state index contributed by atoms with van der Waals surface area (Å²) in [5.41, 5.74) is 2.03. The highest BCUT2D eigenvalue weighted by atomic mass is 19.1. The largest absolute Gasteiger partial charge is 0.457 e. The molecule has 2 nitrogen and oxygen atoms in total. The van der Waals surface area contributed by atoms with Crippen LogP contribution in [-0.2, 0) is 0 Å². The molecule has 0 aliphatic rings. The zero-order valence-corrected chi connectivity index (χ0v) is 12.9. The summed E-state index contributed by atoms with van der Waals surface area (Å²) in [6, 6.07) is 10.7. The Morgan fingerprint density at radius 3 is 2.29 bits per heavy atom. The Morgan fingerprint density at radius 1 is 1.00 bits per heavy atom. The summed E-state index contributed by atoms with van der Waals surface area (Å²) in [7, 11) is 0. The molecule has 0 saturated carbocycles. The standard InChI is InChI=1S/C18H21FO2/c1-11(2)14-7-5-6-8-17(14)21-18-9-12(3)16(19)10-15(18)13(4)20/h5-11,13,20H,1-4H3/t13-/m1/s1. The highest BCUT2D eigenvalue weighted by Crippen LogP contribution is 2.35. The number of benzene rings is 2. The molecule has 0 unspecified atom stereocenters. The van der Waals surface area contributed by atoms with Gasteiger partial charge < -0.3 is 9.84 Å². The average Bonchev–Trinajstić information content (AvgIpc) is 2.42. The second-order valence-corrected chi connectivity index (χ2v) is 5.61. The number of ether oxygens (including phenoxy) is 1. The molecule has 2 aromatic rings. The van der Waals surface area contributed by atoms with Crippen molar-refractivity contribution in [3.05, 3.63) is 58.9 Å². The van der Waals surface area contributed by atoms with Crippen molar-refractivity contribution >= 4 is 0 Å². The molecule has 0 heterocycles. The summed E-state index contributed by atoms with van der Waals surface area (Å²) in [4.78, 5) is 0. The first-order valence-electron chi connectivity index (χ1n) is 7.15. The van der Waals surface area contributed by atoms with Crippen LogP contribution in [0.3, 0.4) is 0 Å². The molecule has 0 bridgehead atoms. The lowest BCUT2D eigenvalue weighted by atomic mass is 10.0. The van der Waals surface area contributed by atoms with Gasteiger partial charge in [-0.1, -0.05) is 32.0 Å². The van der Waals surface area contributed by atoms with Crippen LogP contribution in [0.4, 0.5) is 4.39 Å². The Labute approximate surface area is 125 Å². The minimum Gasteiger partial charge on any atom is -0.457 e. The molecule has 1 N–H and O–H groups in total. The maximum Gasteiger partial charge on any atom is 0.133 e. The summed E-state index contributed by atoms with van der Waals surface area (Å²) in [5, 5.41) is 9.83. The first-order valence-corrected chi connectivity index (χ1v) is 7.15. The van der Waals surface area contributed by atoms with Crippen molar-refractivity contribution in [1.82, 2.24) is 0 Å². The van der Waals surface area contributed by atoms with E-state index in [4.69, 9.17) is 4.74 Å². The average molecular weight is 288 g/mol. The first-order chi connectivity index (χ1) is 9.90. The number of hydrogen-bond donors (Lipinski definition) is 1. The SMILES string of the molecule is Cc1cc(Oc2ccccc2C(C)C)c([C@@H](C)O)cc1F. The lowest BCUT2D eigenvalue weighted by molar-refractivity contribution is 0.195. The van der Waals surface area contributed by atoms with E-state index in [9.17, 15) is 9.50 Å². The Hall–Kier alpha value is -1.87. The maximum absolute atomic E-state index is 13.7. The quantitative estimate of drug-likeness (QED) is 0.847. The van der Waals surface area contributed by atoms with Crippen molar-refractivity contribution in [3.8, 4) is 11.5 Å². The molecule has 21 heavy (non-hydrogen) atoms. The molecule has 0 radical (unpaired) electrons. The Morgan fingerprint density at radius 2 is 1.67 bits per heavy atom. The Bertz CT molecular complexity index is 633. The van der Waals surface area contributed by atoms with Crippen molar-refractivity contribution in [1.29, 1.82) is 0 Å². The highest BCUT2D eigenvalue weighted by molar-refractivity contribution is 5.45. The third-order valence-corrected chi connectivity index (χ3v) is 3.50. The van der Waals surface area contributed by atoms with Gasteiger partial charge in [0.05, 0.1) is 6.10 Å². The van der Waals surface area contributed by atoms with Crippen LogP contribution in [-0.4, -0.2) is 5.11 Å². The molecule has 0 fully saturated rings. The van der Waals surface area contributed by atoms with E-state index in [0.717, 1.165) is 11.3 Å². The van der Waals surface area contributed by atoms with Crippen molar-refractivity contribution in [2.24, 2.45) is 0 Å². The van der Waals surface area contributed by atoms with Gasteiger partial charge in [0.25, 0.3) is 0 Å². The second kappa shape index (κ2) is 6.27. The lowest BCUT2D eigenvalue weighted by Gasteiger charge is -2.18. The van der Waals surface area contributed by atoms with E-state index in [1.165, 1.54) is 6.07 Å². The second-order valence-electron chi connectivity index (χ2n) is 5.61. The molecule has 0 aliphatic carbocycles. The molecule has 0 spiro atoms. The molecular formula is C18H21FO2. The van der Waals surface area contributed by atoms with Gasteiger partial charge >= 0.3 is 0 Å². The van der Waals surface area contributed by atoms with Gasteiger partial charge in [0.15, 0.2) is 0 Å². The third-order valence-electron chi connectivity index (χ3n) is 3.50. The topological polar surface area (TPSA) is 29.5 Å². The van der Waals surface area contributed by atoms with Crippen molar-refractivity contribution < 1.29 is 14.2 Å². The van der Waals surface area contributed by atoms with Crippen LogP contribution in [0.25, 0.3) is 0 Å². The van der Waals surface area contributed by atoms with Crippen LogP contribution < -0.4 is 4.74 Å². The van der Waals surface area contributed by atoms with E-state index >= 15 is 0 Å². The van der Waals surface area contributed by atoms with Crippen LogP contribution in [0.1, 0.15) is 49.5 Å². The lowest BCUT2D eigenvalue weighted by Crippen LogP contribution is -2.01. The minimum atomic E-state index is -0.790. The van der Waals surface area contributed by atoms with Crippen molar-refractivity contribution in [2.45, 2.75) is 39.7 Å². The number of para-hydroxylation sites is 1. The predicted molar refractivity (Wildman–Crippen MR) is 82.4 cm³/mol. The first kappa shape index (κ1) is 15.5. The van der Waals surface area contributed by atoms with Gasteiger partial charge in [0, 0.05) is 5.56 Å². The van der Waals surface area contributed by atoms with Crippen molar-refractivity contribution in [2.75, 3.05) is 0 Å². The molecule has 0 amide bonds. The van der Waals surface area contributed by atoms with E-state index < -0.39 is 6.10 Å². The fraction of sp³-hybridized carbons (Fsp3) is 0.333. The summed E-state index contributed by atoms with van der Waals surface area (Å²) in [6.07, 6.45) is -0.790. The van der Waals surface area contributed by atoms with Crippen molar-refractivity contribution in [3.63, 3.8) is 0 Å². The normalized spacial score (nSPS) is 12.5. The van der Waals surface area contributed by atoms with Crippen LogP contribution in [0, 0.1) is 12.7 Å². The van der Waals surface area contributed by atoms with Crippen LogP contribution in [0.2, 0.25) is 0 Å². The number of aliphatic hydroxyl groups excluding tert-OH is 1. The zero-order chi connectivity index (χ0) is 15.6. The van der Waals surface area contributed by atoms with Gasteiger partial charge in [0.1, 0.15) is 17.3 Å². The Kier molecular flexibility index (Phi) is 4.63. The maximum atomic E-state index is 13.7. The summed E-state index contributed by atoms with van der Waals surface area (Å²) in [6.45, 7) is 7.47. The summed E-state index contributed by atoms with van der Waals surface area (Å²) in [5.74, 6) is 1.21. The van der Waals surface area contributed by atoms with Crippen LogP contribution >= 0.6 is 0 Å². The molecule has 2 rings (SSSR count). The van der Waals surface area contributed by atoms with Gasteiger partial charge in [-0.15, -0.1) is 0 Å². The number of hydrogen-bond acceptors (Lipinski definition) is 2. The molecule has 112 valence electrons. The van der Waals surface area contributed by atoms with Crippen LogP contribution in [0.15, 0.2) is 36.4 Å². The zero-order valence-electron chi connectivity index (χ0n) is 12.9. The molecule has 0 aromatic heterocycles. The number of halogens is 1. The Balaban J connectivity index is 2.47. The monoisotopic (exact) mass is 288 g/mol. The highest BCUT2D eigenvalue weighted by Gasteiger charge is 2.15. The molecule has 3 heteroatoms. The van der Waals surface area contributed by atoms with E-state index in [1.807, 2.05) is 24.3 Å². The molecule has 1 atom stereocenters. The van der Waals surface area contributed by atoms with Gasteiger partial charge in [0.2, 0.25) is 0 Å². The van der Waals surface area contributed by atoms with Gasteiger partial charge in [-0.3, -0.25) is 0 Å². The third kappa shape index (κ3) is 3.42.